The maximum absolute atomic E-state index is 12.0. The largest absolute Gasteiger partial charge is 0.344 e. The lowest BCUT2D eigenvalue weighted by atomic mass is 10.0. The number of nitrogens with zero attached hydrogens (tertiary/aromatic N) is 3. The third-order valence-corrected chi connectivity index (χ3v) is 2.42. The Balaban J connectivity index is 2.64. The highest BCUT2D eigenvalue weighted by Crippen LogP contribution is 2.07. The lowest BCUT2D eigenvalue weighted by Crippen LogP contribution is -2.49. The molecule has 8 nitrogen and oxygen atoms in total. The molecule has 1 aromatic heterocycles. The summed E-state index contributed by atoms with van der Waals surface area (Å²) in [6.45, 7) is 6.84. The van der Waals surface area contributed by atoms with E-state index in [1.54, 1.807) is 6.92 Å². The van der Waals surface area contributed by atoms with E-state index in [1.807, 2.05) is 13.8 Å². The minimum Gasteiger partial charge on any atom is -0.344 e. The van der Waals surface area contributed by atoms with Crippen molar-refractivity contribution < 1.29 is 9.59 Å². The van der Waals surface area contributed by atoms with Gasteiger partial charge in [-0.3, -0.25) is 9.59 Å². The van der Waals surface area contributed by atoms with E-state index in [-0.39, 0.29) is 23.8 Å². The van der Waals surface area contributed by atoms with Gasteiger partial charge >= 0.3 is 0 Å². The molecule has 100 valence electrons. The highest BCUT2D eigenvalue weighted by Gasteiger charge is 2.25. The zero-order valence-electron chi connectivity index (χ0n) is 10.9. The van der Waals surface area contributed by atoms with Crippen LogP contribution in [-0.4, -0.2) is 38.5 Å². The molecule has 0 aliphatic rings. The zero-order valence-corrected chi connectivity index (χ0v) is 10.9. The van der Waals surface area contributed by atoms with Crippen molar-refractivity contribution in [2.75, 3.05) is 0 Å². The van der Waals surface area contributed by atoms with Crippen molar-refractivity contribution in [3.05, 3.63) is 5.82 Å². The molecule has 18 heavy (non-hydrogen) atoms. The molecule has 0 saturated heterocycles. The molecule has 1 rings (SSSR count). The van der Waals surface area contributed by atoms with Crippen LogP contribution in [0.2, 0.25) is 0 Å². The maximum atomic E-state index is 12.0. The van der Waals surface area contributed by atoms with Crippen molar-refractivity contribution in [1.29, 1.82) is 0 Å². The molecule has 1 aromatic rings. The number of H-pyrrole nitrogens is 1. The fourth-order valence-corrected chi connectivity index (χ4v) is 1.47. The lowest BCUT2D eigenvalue weighted by Gasteiger charge is -2.22. The molecule has 0 fully saturated rings. The van der Waals surface area contributed by atoms with Gasteiger partial charge in [-0.25, -0.2) is 0 Å². The van der Waals surface area contributed by atoms with Gasteiger partial charge in [-0.1, -0.05) is 19.1 Å². The van der Waals surface area contributed by atoms with Crippen LogP contribution in [0.3, 0.4) is 0 Å². The molecule has 0 spiro atoms. The fraction of sp³-hybridized carbons (Fsp3) is 0.700. The van der Waals surface area contributed by atoms with Crippen molar-refractivity contribution in [1.82, 2.24) is 31.3 Å². The van der Waals surface area contributed by atoms with Crippen molar-refractivity contribution in [3.8, 4) is 0 Å². The third-order valence-electron chi connectivity index (χ3n) is 2.42. The summed E-state index contributed by atoms with van der Waals surface area (Å²) in [5, 5.41) is 18.7. The van der Waals surface area contributed by atoms with Crippen LogP contribution in [0.4, 0.5) is 0 Å². The van der Waals surface area contributed by atoms with Gasteiger partial charge in [-0.15, -0.1) is 10.2 Å². The Morgan fingerprint density at radius 3 is 2.33 bits per heavy atom. The maximum Gasteiger partial charge on any atom is 0.243 e. The lowest BCUT2D eigenvalue weighted by molar-refractivity contribution is -0.129. The van der Waals surface area contributed by atoms with E-state index in [0.717, 1.165) is 0 Å². The van der Waals surface area contributed by atoms with Gasteiger partial charge in [0.25, 0.3) is 0 Å². The molecule has 0 bridgehead atoms. The molecular weight excluding hydrogens is 236 g/mol. The van der Waals surface area contributed by atoms with Gasteiger partial charge in [0.05, 0.1) is 6.04 Å². The first-order valence-corrected chi connectivity index (χ1v) is 5.72. The zero-order chi connectivity index (χ0) is 13.7. The molecule has 2 amide bonds. The second-order valence-electron chi connectivity index (χ2n) is 4.42. The van der Waals surface area contributed by atoms with Gasteiger partial charge in [0.15, 0.2) is 5.82 Å². The van der Waals surface area contributed by atoms with E-state index in [1.165, 1.54) is 6.92 Å². The van der Waals surface area contributed by atoms with Crippen molar-refractivity contribution >= 4 is 11.8 Å². The first-order valence-electron chi connectivity index (χ1n) is 5.72. The Bertz CT molecular complexity index is 403. The summed E-state index contributed by atoms with van der Waals surface area (Å²) in [5.74, 6) is -0.117. The number of carbonyl (C=O) groups is 2. The normalized spacial score (nSPS) is 14.1. The van der Waals surface area contributed by atoms with E-state index in [9.17, 15) is 9.59 Å². The molecule has 0 radical (unpaired) electrons. The van der Waals surface area contributed by atoms with Crippen molar-refractivity contribution in [3.63, 3.8) is 0 Å². The number of rotatable bonds is 5. The molecule has 2 atom stereocenters. The van der Waals surface area contributed by atoms with Crippen molar-refractivity contribution in [2.45, 2.75) is 39.8 Å². The van der Waals surface area contributed by atoms with Crippen LogP contribution in [0.1, 0.15) is 39.6 Å². The number of hydrogen-bond donors (Lipinski definition) is 3. The molecule has 0 aliphatic carbocycles. The Kier molecular flexibility index (Phi) is 4.75. The molecule has 0 aliphatic heterocycles. The van der Waals surface area contributed by atoms with Crippen LogP contribution in [0.25, 0.3) is 0 Å². The van der Waals surface area contributed by atoms with Gasteiger partial charge in [0.2, 0.25) is 11.8 Å². The van der Waals surface area contributed by atoms with E-state index < -0.39 is 6.04 Å². The number of amides is 2. The summed E-state index contributed by atoms with van der Waals surface area (Å²) in [5.41, 5.74) is 0. The van der Waals surface area contributed by atoms with Crippen LogP contribution in [0.5, 0.6) is 0 Å². The second kappa shape index (κ2) is 6.08. The first-order chi connectivity index (χ1) is 8.41. The number of aromatic amines is 1. The van der Waals surface area contributed by atoms with Gasteiger partial charge < -0.3 is 10.6 Å². The average Bonchev–Trinajstić information content (AvgIpc) is 2.78. The summed E-state index contributed by atoms with van der Waals surface area (Å²) in [6, 6.07) is -0.942. The number of aromatic nitrogens is 4. The Labute approximate surface area is 105 Å². The number of hydrogen-bond acceptors (Lipinski definition) is 5. The standard InChI is InChI=1S/C10H18N6O2/c1-5(2)8(12-7(4)17)10(18)11-6(3)9-13-15-16-14-9/h5-6,8H,1-4H3,(H,11,18)(H,12,17)(H,13,14,15,16). The molecular formula is C10H18N6O2. The van der Waals surface area contributed by atoms with Crippen LogP contribution in [-0.2, 0) is 9.59 Å². The van der Waals surface area contributed by atoms with Crippen LogP contribution < -0.4 is 10.6 Å². The predicted octanol–water partition coefficient (Wildman–Crippen LogP) is -0.462. The fourth-order valence-electron chi connectivity index (χ4n) is 1.47. The molecule has 1 heterocycles. The SMILES string of the molecule is CC(=O)NC(C(=O)NC(C)c1nn[nH]n1)C(C)C. The first kappa shape index (κ1) is 14.1. The van der Waals surface area contributed by atoms with Gasteiger partial charge in [0, 0.05) is 6.92 Å². The quantitative estimate of drug-likeness (QED) is 0.658. The van der Waals surface area contributed by atoms with E-state index in [4.69, 9.17) is 0 Å². The monoisotopic (exact) mass is 254 g/mol. The second-order valence-corrected chi connectivity index (χ2v) is 4.42. The Hall–Kier alpha value is -1.99. The summed E-state index contributed by atoms with van der Waals surface area (Å²) >= 11 is 0. The average molecular weight is 254 g/mol. The molecule has 0 aromatic carbocycles. The number of tetrazole rings is 1. The van der Waals surface area contributed by atoms with Crippen LogP contribution >= 0.6 is 0 Å². The van der Waals surface area contributed by atoms with E-state index >= 15 is 0 Å². The highest BCUT2D eigenvalue weighted by atomic mass is 16.2. The molecule has 3 N–H and O–H groups in total. The van der Waals surface area contributed by atoms with Gasteiger partial charge in [-0.05, 0) is 12.8 Å². The van der Waals surface area contributed by atoms with Gasteiger partial charge in [-0.2, -0.15) is 5.21 Å². The Morgan fingerprint density at radius 1 is 1.22 bits per heavy atom. The topological polar surface area (TPSA) is 113 Å². The summed E-state index contributed by atoms with van der Waals surface area (Å²) in [7, 11) is 0. The summed E-state index contributed by atoms with van der Waals surface area (Å²) < 4.78 is 0. The van der Waals surface area contributed by atoms with Crippen LogP contribution in [0, 0.1) is 5.92 Å². The number of carbonyl (C=O) groups excluding carboxylic acids is 2. The number of nitrogens with one attached hydrogen (secondary N) is 3. The highest BCUT2D eigenvalue weighted by molar-refractivity contribution is 5.87. The van der Waals surface area contributed by atoms with Crippen LogP contribution in [0.15, 0.2) is 0 Å². The summed E-state index contributed by atoms with van der Waals surface area (Å²) in [6.07, 6.45) is 0. The minimum absolute atomic E-state index is 0.00799. The van der Waals surface area contributed by atoms with Gasteiger partial charge in [0.1, 0.15) is 6.04 Å². The van der Waals surface area contributed by atoms with E-state index in [0.29, 0.717) is 5.82 Å². The predicted molar refractivity (Wildman–Crippen MR) is 63.2 cm³/mol. The molecule has 8 heteroatoms. The molecule has 0 saturated carbocycles. The Morgan fingerprint density at radius 2 is 1.89 bits per heavy atom. The van der Waals surface area contributed by atoms with Crippen molar-refractivity contribution in [2.24, 2.45) is 5.92 Å². The minimum atomic E-state index is -0.572. The van der Waals surface area contributed by atoms with E-state index in [2.05, 4.69) is 31.3 Å². The molecule has 2 unspecified atom stereocenters. The summed E-state index contributed by atoms with van der Waals surface area (Å²) in [4.78, 5) is 23.1. The third kappa shape index (κ3) is 3.79. The smallest absolute Gasteiger partial charge is 0.243 e.